The van der Waals surface area contributed by atoms with Crippen molar-refractivity contribution in [1.29, 1.82) is 0 Å². The molecular formula is C15H16N2O4. The molecule has 1 aromatic heterocycles. The number of pyridine rings is 1. The molecule has 1 aliphatic heterocycles. The largest absolute Gasteiger partial charge is 0.481 e. The van der Waals surface area contributed by atoms with Gasteiger partial charge >= 0.3 is 0 Å². The van der Waals surface area contributed by atoms with Gasteiger partial charge in [-0.25, -0.2) is 4.98 Å². The SMILES string of the molecule is COc1ccc(NCC(O)c2ccc3c(c2)OCO3)cn1. The van der Waals surface area contributed by atoms with Gasteiger partial charge in [-0.3, -0.25) is 0 Å². The van der Waals surface area contributed by atoms with E-state index >= 15 is 0 Å². The third kappa shape index (κ3) is 3.00. The van der Waals surface area contributed by atoms with Gasteiger partial charge in [-0.15, -0.1) is 0 Å². The molecule has 0 fully saturated rings. The van der Waals surface area contributed by atoms with E-state index in [2.05, 4.69) is 10.3 Å². The lowest BCUT2D eigenvalue weighted by atomic mass is 10.1. The molecule has 21 heavy (non-hydrogen) atoms. The maximum absolute atomic E-state index is 10.2. The van der Waals surface area contributed by atoms with Crippen LogP contribution in [-0.4, -0.2) is 30.5 Å². The third-order valence-electron chi connectivity index (χ3n) is 3.23. The van der Waals surface area contributed by atoms with Gasteiger partial charge in [0.2, 0.25) is 12.7 Å². The van der Waals surface area contributed by atoms with Crippen LogP contribution in [0, 0.1) is 0 Å². The van der Waals surface area contributed by atoms with Crippen molar-refractivity contribution in [2.24, 2.45) is 0 Å². The summed E-state index contributed by atoms with van der Waals surface area (Å²) in [5, 5.41) is 13.3. The van der Waals surface area contributed by atoms with Crippen LogP contribution in [-0.2, 0) is 0 Å². The van der Waals surface area contributed by atoms with Gasteiger partial charge < -0.3 is 24.6 Å². The van der Waals surface area contributed by atoms with E-state index in [0.717, 1.165) is 11.3 Å². The quantitative estimate of drug-likeness (QED) is 0.876. The molecule has 0 saturated heterocycles. The average molecular weight is 288 g/mol. The van der Waals surface area contributed by atoms with Crippen LogP contribution in [0.4, 0.5) is 5.69 Å². The molecule has 3 rings (SSSR count). The predicted molar refractivity (Wildman–Crippen MR) is 76.8 cm³/mol. The molecule has 0 spiro atoms. The van der Waals surface area contributed by atoms with E-state index in [4.69, 9.17) is 14.2 Å². The molecule has 0 aliphatic carbocycles. The summed E-state index contributed by atoms with van der Waals surface area (Å²) < 4.78 is 15.5. The van der Waals surface area contributed by atoms with Crippen molar-refractivity contribution >= 4 is 5.69 Å². The lowest BCUT2D eigenvalue weighted by Crippen LogP contribution is -2.12. The zero-order valence-electron chi connectivity index (χ0n) is 11.6. The number of nitrogens with zero attached hydrogens (tertiary/aromatic N) is 1. The summed E-state index contributed by atoms with van der Waals surface area (Å²) in [5.74, 6) is 1.92. The third-order valence-corrected chi connectivity index (χ3v) is 3.23. The number of methoxy groups -OCH3 is 1. The monoisotopic (exact) mass is 288 g/mol. The molecule has 110 valence electrons. The van der Waals surface area contributed by atoms with E-state index < -0.39 is 6.10 Å². The zero-order valence-corrected chi connectivity index (χ0v) is 11.6. The number of rotatable bonds is 5. The van der Waals surface area contributed by atoms with Crippen molar-refractivity contribution in [2.45, 2.75) is 6.10 Å². The van der Waals surface area contributed by atoms with E-state index in [1.165, 1.54) is 0 Å². The fourth-order valence-corrected chi connectivity index (χ4v) is 2.06. The number of fused-ring (bicyclic) bond motifs is 1. The summed E-state index contributed by atoms with van der Waals surface area (Å²) in [4.78, 5) is 4.09. The highest BCUT2D eigenvalue weighted by Crippen LogP contribution is 2.34. The summed E-state index contributed by atoms with van der Waals surface area (Å²) in [5.41, 5.74) is 1.59. The minimum Gasteiger partial charge on any atom is -0.481 e. The van der Waals surface area contributed by atoms with Crippen LogP contribution in [0.5, 0.6) is 17.4 Å². The van der Waals surface area contributed by atoms with Crippen molar-refractivity contribution < 1.29 is 19.3 Å². The standard InChI is InChI=1S/C15H16N2O4/c1-19-15-5-3-11(7-17-15)16-8-12(18)10-2-4-13-14(6-10)21-9-20-13/h2-7,12,16,18H,8-9H2,1H3. The topological polar surface area (TPSA) is 72.8 Å². The Labute approximate surface area is 122 Å². The average Bonchev–Trinajstić information content (AvgIpc) is 3.00. The van der Waals surface area contributed by atoms with E-state index in [1.54, 1.807) is 31.5 Å². The maximum Gasteiger partial charge on any atom is 0.231 e. The normalized spacial score (nSPS) is 13.8. The number of anilines is 1. The van der Waals surface area contributed by atoms with Crippen LogP contribution in [0.3, 0.4) is 0 Å². The van der Waals surface area contributed by atoms with Gasteiger partial charge in [-0.2, -0.15) is 0 Å². The Morgan fingerprint density at radius 3 is 2.90 bits per heavy atom. The lowest BCUT2D eigenvalue weighted by Gasteiger charge is -2.13. The fraction of sp³-hybridized carbons (Fsp3) is 0.267. The molecule has 0 amide bonds. The fourth-order valence-electron chi connectivity index (χ4n) is 2.06. The number of aliphatic hydroxyl groups excluding tert-OH is 1. The second kappa shape index (κ2) is 5.88. The Bertz CT molecular complexity index is 616. The van der Waals surface area contributed by atoms with Gasteiger partial charge in [0.15, 0.2) is 11.5 Å². The number of ether oxygens (including phenoxy) is 3. The lowest BCUT2D eigenvalue weighted by molar-refractivity contribution is 0.173. The molecular weight excluding hydrogens is 272 g/mol. The highest BCUT2D eigenvalue weighted by atomic mass is 16.7. The molecule has 6 nitrogen and oxygen atoms in total. The van der Waals surface area contributed by atoms with Crippen LogP contribution in [0.25, 0.3) is 0 Å². The van der Waals surface area contributed by atoms with Crippen LogP contribution >= 0.6 is 0 Å². The first-order chi connectivity index (χ1) is 10.3. The second-order valence-electron chi connectivity index (χ2n) is 4.60. The Morgan fingerprint density at radius 2 is 2.14 bits per heavy atom. The molecule has 2 aromatic rings. The zero-order chi connectivity index (χ0) is 14.7. The Morgan fingerprint density at radius 1 is 1.29 bits per heavy atom. The predicted octanol–water partition coefficient (Wildman–Crippen LogP) is 1.96. The van der Waals surface area contributed by atoms with Gasteiger partial charge in [-0.1, -0.05) is 6.07 Å². The van der Waals surface area contributed by atoms with Gasteiger partial charge in [0.25, 0.3) is 0 Å². The highest BCUT2D eigenvalue weighted by molar-refractivity contribution is 5.46. The van der Waals surface area contributed by atoms with Gasteiger partial charge in [-0.05, 0) is 23.8 Å². The summed E-state index contributed by atoms with van der Waals surface area (Å²) in [6.45, 7) is 0.596. The maximum atomic E-state index is 10.2. The summed E-state index contributed by atoms with van der Waals surface area (Å²) in [7, 11) is 1.57. The number of hydrogen-bond donors (Lipinski definition) is 2. The number of nitrogens with one attached hydrogen (secondary N) is 1. The molecule has 6 heteroatoms. The summed E-state index contributed by atoms with van der Waals surface area (Å²) in [6.07, 6.45) is 1.01. The number of hydrogen-bond acceptors (Lipinski definition) is 6. The molecule has 0 saturated carbocycles. The highest BCUT2D eigenvalue weighted by Gasteiger charge is 2.16. The first kappa shape index (κ1) is 13.5. The molecule has 1 unspecified atom stereocenters. The van der Waals surface area contributed by atoms with Crippen molar-refractivity contribution in [1.82, 2.24) is 4.98 Å². The summed E-state index contributed by atoms with van der Waals surface area (Å²) >= 11 is 0. The first-order valence-corrected chi connectivity index (χ1v) is 6.58. The number of aliphatic hydroxyl groups is 1. The minimum absolute atomic E-state index is 0.227. The molecule has 2 heterocycles. The Hall–Kier alpha value is -2.47. The van der Waals surface area contributed by atoms with Crippen LogP contribution in [0.2, 0.25) is 0 Å². The Balaban J connectivity index is 1.61. The van der Waals surface area contributed by atoms with E-state index in [1.807, 2.05) is 12.1 Å². The molecule has 1 aliphatic rings. The smallest absolute Gasteiger partial charge is 0.231 e. The first-order valence-electron chi connectivity index (χ1n) is 6.58. The Kier molecular flexibility index (Phi) is 3.79. The van der Waals surface area contributed by atoms with Crippen LogP contribution in [0.1, 0.15) is 11.7 Å². The van der Waals surface area contributed by atoms with E-state index in [9.17, 15) is 5.11 Å². The molecule has 0 bridgehead atoms. The van der Waals surface area contributed by atoms with Crippen molar-refractivity contribution in [3.63, 3.8) is 0 Å². The molecule has 1 atom stereocenters. The van der Waals surface area contributed by atoms with Gasteiger partial charge in [0.05, 0.1) is 25.1 Å². The summed E-state index contributed by atoms with van der Waals surface area (Å²) in [6, 6.07) is 9.02. The van der Waals surface area contributed by atoms with E-state index in [-0.39, 0.29) is 6.79 Å². The van der Waals surface area contributed by atoms with Crippen molar-refractivity contribution in [3.8, 4) is 17.4 Å². The molecule has 1 aromatic carbocycles. The number of aromatic nitrogens is 1. The van der Waals surface area contributed by atoms with Gasteiger partial charge in [0.1, 0.15) is 0 Å². The number of benzene rings is 1. The minimum atomic E-state index is -0.651. The molecule has 0 radical (unpaired) electrons. The second-order valence-corrected chi connectivity index (χ2v) is 4.60. The van der Waals surface area contributed by atoms with Crippen LogP contribution < -0.4 is 19.5 Å². The van der Waals surface area contributed by atoms with Gasteiger partial charge in [0, 0.05) is 12.6 Å². The van der Waals surface area contributed by atoms with Crippen molar-refractivity contribution in [2.75, 3.05) is 25.8 Å². The van der Waals surface area contributed by atoms with Crippen LogP contribution in [0.15, 0.2) is 36.5 Å². The van der Waals surface area contributed by atoms with Crippen molar-refractivity contribution in [3.05, 3.63) is 42.1 Å². The molecule has 2 N–H and O–H groups in total. The van der Waals surface area contributed by atoms with E-state index in [0.29, 0.717) is 23.9 Å².